The van der Waals surface area contributed by atoms with Crippen LogP contribution >= 0.6 is 0 Å². The van der Waals surface area contributed by atoms with Crippen LogP contribution in [0, 0.1) is 16.7 Å². The molecular formula is C29H42N6O2. The number of aromatic nitrogens is 2. The number of ether oxygens (including phenoxy) is 1. The number of hydrogen-bond acceptors (Lipinski definition) is 7. The van der Waals surface area contributed by atoms with Gasteiger partial charge in [0, 0.05) is 50.0 Å². The van der Waals surface area contributed by atoms with Crippen LogP contribution in [0.4, 0.5) is 5.69 Å². The maximum Gasteiger partial charge on any atom is 0.185 e. The van der Waals surface area contributed by atoms with Gasteiger partial charge in [-0.1, -0.05) is 26.0 Å². The van der Waals surface area contributed by atoms with E-state index < -0.39 is 0 Å². The third-order valence-electron chi connectivity index (χ3n) is 7.25. The van der Waals surface area contributed by atoms with Gasteiger partial charge < -0.3 is 20.4 Å². The average Bonchev–Trinajstić information content (AvgIpc) is 3.38. The van der Waals surface area contributed by atoms with E-state index >= 15 is 0 Å². The van der Waals surface area contributed by atoms with Gasteiger partial charge in [-0.05, 0) is 61.8 Å². The third kappa shape index (κ3) is 8.26. The van der Waals surface area contributed by atoms with Gasteiger partial charge in [0.1, 0.15) is 11.8 Å². The molecule has 0 saturated carbocycles. The zero-order chi connectivity index (χ0) is 26.9. The molecule has 1 aromatic carbocycles. The molecule has 3 N–H and O–H groups in total. The van der Waals surface area contributed by atoms with Crippen molar-refractivity contribution in [2.45, 2.75) is 52.5 Å². The molecule has 1 aliphatic carbocycles. The fraction of sp³-hybridized carbons (Fsp3) is 0.552. The van der Waals surface area contributed by atoms with E-state index in [1.54, 1.807) is 6.07 Å². The minimum Gasteiger partial charge on any atom is -0.388 e. The number of benzene rings is 1. The lowest BCUT2D eigenvalue weighted by atomic mass is 9.76. The number of anilines is 1. The number of aromatic amines is 1. The monoisotopic (exact) mass is 506 g/mol. The first-order chi connectivity index (χ1) is 17.7. The lowest BCUT2D eigenvalue weighted by molar-refractivity contribution is 0.0376. The minimum atomic E-state index is -0.0538. The minimum absolute atomic E-state index is 0.0538. The number of allylic oxidation sites excluding steroid dienone is 2. The number of morpholine rings is 1. The van der Waals surface area contributed by atoms with Gasteiger partial charge in [0.25, 0.3) is 0 Å². The molecule has 0 spiro atoms. The van der Waals surface area contributed by atoms with Crippen molar-refractivity contribution in [2.75, 3.05) is 51.8 Å². The first kappa shape index (κ1) is 28.6. The molecule has 0 radical (unpaired) electrons. The number of H-pyrrole nitrogens is 1. The van der Waals surface area contributed by atoms with Crippen LogP contribution in [0.5, 0.6) is 0 Å². The Morgan fingerprint density at radius 1 is 1.30 bits per heavy atom. The summed E-state index contributed by atoms with van der Waals surface area (Å²) in [4.78, 5) is 18.4. The Bertz CT molecular complexity index is 1110. The van der Waals surface area contributed by atoms with E-state index in [-0.39, 0.29) is 11.4 Å². The average molecular weight is 507 g/mol. The number of nitriles is 1. The summed E-state index contributed by atoms with van der Waals surface area (Å²) in [6.45, 7) is 15.2. The summed E-state index contributed by atoms with van der Waals surface area (Å²) >= 11 is 0. The first-order valence-electron chi connectivity index (χ1n) is 13.1. The molecule has 1 saturated heterocycles. The second-order valence-corrected chi connectivity index (χ2v) is 11.0. The molecular weight excluding hydrogens is 464 g/mol. The Hall–Kier alpha value is -2.99. The van der Waals surface area contributed by atoms with Gasteiger partial charge in [-0.2, -0.15) is 5.26 Å². The summed E-state index contributed by atoms with van der Waals surface area (Å²) in [6.07, 6.45) is 7.91. The van der Waals surface area contributed by atoms with Crippen LogP contribution in [-0.4, -0.2) is 67.6 Å². The quantitative estimate of drug-likeness (QED) is 0.450. The maximum absolute atomic E-state index is 9.93. The molecule has 8 heteroatoms. The molecule has 1 aromatic heterocycles. The van der Waals surface area contributed by atoms with Crippen molar-refractivity contribution in [3.8, 4) is 6.07 Å². The van der Waals surface area contributed by atoms with E-state index in [1.165, 1.54) is 35.0 Å². The Labute approximate surface area is 221 Å². The van der Waals surface area contributed by atoms with Crippen LogP contribution in [0.15, 0.2) is 30.5 Å². The van der Waals surface area contributed by atoms with Crippen LogP contribution < -0.4 is 10.6 Å². The van der Waals surface area contributed by atoms with Gasteiger partial charge in [0.05, 0.1) is 19.4 Å². The van der Waals surface area contributed by atoms with E-state index in [2.05, 4.69) is 77.5 Å². The normalized spacial score (nSPS) is 17.7. The van der Waals surface area contributed by atoms with Crippen LogP contribution in [0.25, 0.3) is 5.57 Å². The van der Waals surface area contributed by atoms with Gasteiger partial charge in [-0.3, -0.25) is 9.69 Å². The predicted molar refractivity (Wildman–Crippen MR) is 149 cm³/mol. The van der Waals surface area contributed by atoms with E-state index in [9.17, 15) is 4.79 Å². The Morgan fingerprint density at radius 2 is 2.05 bits per heavy atom. The third-order valence-corrected chi connectivity index (χ3v) is 7.25. The lowest BCUT2D eigenvalue weighted by Gasteiger charge is -2.32. The number of rotatable bonds is 8. The number of carbonyl (C=O) groups is 1. The summed E-state index contributed by atoms with van der Waals surface area (Å²) < 4.78 is 5.45. The van der Waals surface area contributed by atoms with Crippen molar-refractivity contribution in [1.82, 2.24) is 20.2 Å². The van der Waals surface area contributed by atoms with Gasteiger partial charge in [-0.25, -0.2) is 4.98 Å². The highest BCUT2D eigenvalue weighted by Gasteiger charge is 2.25. The topological polar surface area (TPSA) is 106 Å². The van der Waals surface area contributed by atoms with Crippen molar-refractivity contribution in [2.24, 2.45) is 5.41 Å². The summed E-state index contributed by atoms with van der Waals surface area (Å²) in [5.41, 5.74) is 6.14. The van der Waals surface area contributed by atoms with Crippen LogP contribution in [0.1, 0.15) is 74.4 Å². The number of hydrogen-bond donors (Lipinski definition) is 3. The second kappa shape index (κ2) is 13.0. The van der Waals surface area contributed by atoms with E-state index in [4.69, 9.17) is 10.00 Å². The number of aldehydes is 1. The summed E-state index contributed by atoms with van der Waals surface area (Å²) in [7, 11) is 2.03. The van der Waals surface area contributed by atoms with E-state index in [1.807, 2.05) is 7.05 Å². The number of imidazole rings is 1. The fourth-order valence-electron chi connectivity index (χ4n) is 4.64. The van der Waals surface area contributed by atoms with Gasteiger partial charge >= 0.3 is 0 Å². The maximum atomic E-state index is 9.93. The first-order valence-corrected chi connectivity index (χ1v) is 13.1. The largest absolute Gasteiger partial charge is 0.388 e. The molecule has 0 bridgehead atoms. The molecule has 4 rings (SSSR count). The smallest absolute Gasteiger partial charge is 0.185 e. The van der Waals surface area contributed by atoms with Crippen LogP contribution in [-0.2, 0) is 10.3 Å². The second-order valence-electron chi connectivity index (χ2n) is 11.0. The molecule has 8 nitrogen and oxygen atoms in total. The Kier molecular flexibility index (Phi) is 10.0. The fourth-order valence-corrected chi connectivity index (χ4v) is 4.64. The highest BCUT2D eigenvalue weighted by atomic mass is 16.5. The van der Waals surface area contributed by atoms with Crippen LogP contribution in [0.3, 0.4) is 0 Å². The summed E-state index contributed by atoms with van der Waals surface area (Å²) in [5, 5.41) is 15.4. The molecule has 1 aliphatic heterocycles. The van der Waals surface area contributed by atoms with Crippen molar-refractivity contribution < 1.29 is 9.53 Å². The van der Waals surface area contributed by atoms with Gasteiger partial charge in [-0.15, -0.1) is 0 Å². The number of nitrogens with one attached hydrogen (secondary N) is 3. The standard InChI is InChI=1S/C24H39N3O.C5H3N3O/c1-23(2)10-8-19(9-11-23)21-18-20(6-7-22(21)25-5)24(3,4)26-12-13-27-14-16-28-17-15-27;6-1-4-2-7-5(3-9)8-4/h6-8,18,25-26H,9-17H2,1-5H3;2-3H,(H,7,8). The number of carbonyl (C=O) groups excluding carboxylic acids is 1. The molecule has 2 aliphatic rings. The van der Waals surface area contributed by atoms with Crippen molar-refractivity contribution >= 4 is 17.5 Å². The molecule has 2 heterocycles. The highest BCUT2D eigenvalue weighted by molar-refractivity contribution is 5.77. The molecule has 1 fully saturated rings. The van der Waals surface area contributed by atoms with Crippen molar-refractivity contribution in [3.63, 3.8) is 0 Å². The molecule has 37 heavy (non-hydrogen) atoms. The van der Waals surface area contributed by atoms with E-state index in [0.717, 1.165) is 52.2 Å². The molecule has 200 valence electrons. The molecule has 0 unspecified atom stereocenters. The zero-order valence-corrected chi connectivity index (χ0v) is 23.0. The summed E-state index contributed by atoms with van der Waals surface area (Å²) in [5.74, 6) is 0.187. The van der Waals surface area contributed by atoms with Gasteiger partial charge in [0.2, 0.25) is 0 Å². The highest BCUT2D eigenvalue weighted by Crippen LogP contribution is 2.40. The van der Waals surface area contributed by atoms with Crippen LogP contribution in [0.2, 0.25) is 0 Å². The summed E-state index contributed by atoms with van der Waals surface area (Å²) in [6, 6.07) is 8.72. The molecule has 0 atom stereocenters. The number of nitrogens with zero attached hydrogens (tertiary/aromatic N) is 3. The van der Waals surface area contributed by atoms with Gasteiger partial charge in [0.15, 0.2) is 12.1 Å². The molecule has 0 amide bonds. The van der Waals surface area contributed by atoms with Crippen molar-refractivity contribution in [3.05, 3.63) is 53.1 Å². The Balaban J connectivity index is 0.000000356. The van der Waals surface area contributed by atoms with E-state index in [0.29, 0.717) is 17.4 Å². The SMILES string of the molecule is CNc1ccc(C(C)(C)NCCN2CCOCC2)cc1C1=CCC(C)(C)CC1.N#Cc1cnc(C=O)[nH]1. The Morgan fingerprint density at radius 3 is 2.62 bits per heavy atom. The lowest BCUT2D eigenvalue weighted by Crippen LogP contribution is -2.44. The van der Waals surface area contributed by atoms with Crippen molar-refractivity contribution in [1.29, 1.82) is 5.26 Å². The molecule has 2 aromatic rings. The predicted octanol–water partition coefficient (Wildman–Crippen LogP) is 4.57. The zero-order valence-electron chi connectivity index (χ0n) is 23.0.